The lowest BCUT2D eigenvalue weighted by molar-refractivity contribution is -0.154. The van der Waals surface area contributed by atoms with E-state index in [9.17, 15) is 9.59 Å². The molecule has 3 fully saturated rings. The van der Waals surface area contributed by atoms with Crippen LogP contribution in [0, 0.1) is 5.92 Å². The molecule has 0 radical (unpaired) electrons. The summed E-state index contributed by atoms with van der Waals surface area (Å²) in [5.74, 6) is 1.18. The quantitative estimate of drug-likeness (QED) is 0.350. The number of allylic oxidation sites excluding steroid dienone is 1. The Bertz CT molecular complexity index is 824. The minimum Gasteiger partial charge on any atom is -0.462 e. The van der Waals surface area contributed by atoms with Gasteiger partial charge in [0.05, 0.1) is 5.56 Å². The number of furan rings is 1. The van der Waals surface area contributed by atoms with Crippen LogP contribution in [0.5, 0.6) is 0 Å². The second-order valence-corrected chi connectivity index (χ2v) is 8.32. The third-order valence-corrected chi connectivity index (χ3v) is 6.41. The van der Waals surface area contributed by atoms with E-state index in [4.69, 9.17) is 18.6 Å². The Morgan fingerprint density at radius 1 is 1.38 bits per heavy atom. The van der Waals surface area contributed by atoms with Crippen molar-refractivity contribution < 1.29 is 28.2 Å². The molecule has 0 saturated carbocycles. The van der Waals surface area contributed by atoms with Crippen LogP contribution in [0.25, 0.3) is 0 Å². The van der Waals surface area contributed by atoms with Crippen molar-refractivity contribution in [3.8, 4) is 0 Å². The summed E-state index contributed by atoms with van der Waals surface area (Å²) in [6, 6.07) is 1.78. The van der Waals surface area contributed by atoms with Crippen LogP contribution in [-0.4, -0.2) is 35.7 Å². The summed E-state index contributed by atoms with van der Waals surface area (Å²) in [7, 11) is 0. The van der Waals surface area contributed by atoms with Gasteiger partial charge in [-0.2, -0.15) is 0 Å². The molecule has 6 nitrogen and oxygen atoms in total. The second kappa shape index (κ2) is 5.08. The maximum atomic E-state index is 12.4. The SMILES string of the molecule is C=C(C)[C@@H]1CC[C@]23O[C@H]2[C@H](C[C@@]2(C)O[C@H]2c2cc(C=O)c(o2)C1)OC3=O. The van der Waals surface area contributed by atoms with Crippen LogP contribution in [0.1, 0.15) is 61.1 Å². The highest BCUT2D eigenvalue weighted by Crippen LogP contribution is 2.58. The molecular weight excluding hydrogens is 336 g/mol. The molecule has 3 saturated heterocycles. The lowest BCUT2D eigenvalue weighted by Gasteiger charge is -2.18. The van der Waals surface area contributed by atoms with Crippen molar-refractivity contribution >= 4 is 12.3 Å². The van der Waals surface area contributed by atoms with Crippen molar-refractivity contribution in [2.75, 3.05) is 0 Å². The van der Waals surface area contributed by atoms with Gasteiger partial charge in [0.1, 0.15) is 35.4 Å². The molecular formula is C20H22O6. The Morgan fingerprint density at radius 2 is 2.19 bits per heavy atom. The smallest absolute Gasteiger partial charge is 0.341 e. The highest BCUT2D eigenvalue weighted by molar-refractivity contribution is 5.86. The van der Waals surface area contributed by atoms with Gasteiger partial charge >= 0.3 is 5.97 Å². The Hall–Kier alpha value is -1.92. The van der Waals surface area contributed by atoms with E-state index in [1.165, 1.54) is 0 Å². The third-order valence-electron chi connectivity index (χ3n) is 6.41. The zero-order valence-electron chi connectivity index (χ0n) is 14.9. The molecule has 6 atom stereocenters. The van der Waals surface area contributed by atoms with Crippen LogP contribution in [0.15, 0.2) is 22.6 Å². The number of hydrogen-bond donors (Lipinski definition) is 0. The van der Waals surface area contributed by atoms with Gasteiger partial charge < -0.3 is 18.6 Å². The van der Waals surface area contributed by atoms with Gasteiger partial charge in [0.25, 0.3) is 0 Å². The van der Waals surface area contributed by atoms with Crippen LogP contribution < -0.4 is 0 Å². The first kappa shape index (κ1) is 16.3. The molecule has 6 heteroatoms. The number of fused-ring (bicyclic) bond motifs is 4. The van der Waals surface area contributed by atoms with Crippen LogP contribution in [0.3, 0.4) is 0 Å². The Kier molecular flexibility index (Phi) is 3.18. The summed E-state index contributed by atoms with van der Waals surface area (Å²) in [4.78, 5) is 23.9. The number of esters is 1. The predicted octanol–water partition coefficient (Wildman–Crippen LogP) is 2.90. The van der Waals surface area contributed by atoms with E-state index in [0.717, 1.165) is 18.3 Å². The van der Waals surface area contributed by atoms with Gasteiger partial charge in [0.2, 0.25) is 0 Å². The van der Waals surface area contributed by atoms with Gasteiger partial charge in [0.15, 0.2) is 11.9 Å². The molecule has 0 amide bonds. The van der Waals surface area contributed by atoms with Crippen molar-refractivity contribution in [1.82, 2.24) is 0 Å². The highest BCUT2D eigenvalue weighted by atomic mass is 16.7. The minimum absolute atomic E-state index is 0.103. The summed E-state index contributed by atoms with van der Waals surface area (Å²) in [6.45, 7) is 8.03. The fourth-order valence-electron chi connectivity index (χ4n) is 4.62. The monoisotopic (exact) mass is 358 g/mol. The maximum absolute atomic E-state index is 12.4. The normalized spacial score (nSPS) is 43.1. The van der Waals surface area contributed by atoms with Gasteiger partial charge in [-0.1, -0.05) is 12.2 Å². The van der Waals surface area contributed by atoms with Gasteiger partial charge in [-0.05, 0) is 38.7 Å². The van der Waals surface area contributed by atoms with Gasteiger partial charge in [-0.25, -0.2) is 4.79 Å². The first-order chi connectivity index (χ1) is 12.4. The molecule has 138 valence electrons. The summed E-state index contributed by atoms with van der Waals surface area (Å²) in [6.07, 6.45) is 2.60. The molecule has 0 unspecified atom stereocenters. The van der Waals surface area contributed by atoms with E-state index in [1.54, 1.807) is 6.07 Å². The number of hydrogen-bond acceptors (Lipinski definition) is 6. The predicted molar refractivity (Wildman–Crippen MR) is 89.7 cm³/mol. The highest BCUT2D eigenvalue weighted by Gasteiger charge is 2.74. The van der Waals surface area contributed by atoms with E-state index in [1.807, 2.05) is 13.8 Å². The van der Waals surface area contributed by atoms with Gasteiger partial charge in [-0.3, -0.25) is 4.79 Å². The molecule has 1 aromatic rings. The molecule has 0 aromatic carbocycles. The van der Waals surface area contributed by atoms with Crippen LogP contribution in [0.4, 0.5) is 0 Å². The molecule has 4 aliphatic heterocycles. The fraction of sp³-hybridized carbons (Fsp3) is 0.600. The zero-order chi connectivity index (χ0) is 18.3. The lowest BCUT2D eigenvalue weighted by Crippen LogP contribution is -2.24. The van der Waals surface area contributed by atoms with Crippen LogP contribution in [0.2, 0.25) is 0 Å². The number of carbonyl (C=O) groups excluding carboxylic acids is 2. The summed E-state index contributed by atoms with van der Waals surface area (Å²) < 4.78 is 23.4. The summed E-state index contributed by atoms with van der Waals surface area (Å²) in [5, 5.41) is 0. The van der Waals surface area contributed by atoms with Crippen molar-refractivity contribution in [1.29, 1.82) is 0 Å². The van der Waals surface area contributed by atoms with E-state index < -0.39 is 11.2 Å². The van der Waals surface area contributed by atoms with E-state index >= 15 is 0 Å². The van der Waals surface area contributed by atoms with Crippen molar-refractivity contribution in [3.63, 3.8) is 0 Å². The van der Waals surface area contributed by atoms with Gasteiger partial charge in [-0.15, -0.1) is 0 Å². The molecule has 0 N–H and O–H groups in total. The zero-order valence-corrected chi connectivity index (χ0v) is 14.9. The number of epoxide rings is 2. The number of ether oxygens (including phenoxy) is 3. The van der Waals surface area contributed by atoms with E-state index in [-0.39, 0.29) is 30.2 Å². The van der Waals surface area contributed by atoms with E-state index in [2.05, 4.69) is 6.58 Å². The largest absolute Gasteiger partial charge is 0.462 e. The number of rotatable bonds is 2. The van der Waals surface area contributed by atoms with Crippen molar-refractivity contribution in [2.45, 2.75) is 69.0 Å². The Labute approximate surface area is 151 Å². The molecule has 5 heterocycles. The minimum atomic E-state index is -0.797. The summed E-state index contributed by atoms with van der Waals surface area (Å²) >= 11 is 0. The number of carbonyl (C=O) groups is 2. The first-order valence-electron chi connectivity index (χ1n) is 9.16. The molecule has 5 rings (SSSR count). The van der Waals surface area contributed by atoms with Gasteiger partial charge in [0, 0.05) is 12.8 Å². The average Bonchev–Trinajstić information content (AvgIpc) is 3.40. The topological polar surface area (TPSA) is 81.6 Å². The van der Waals surface area contributed by atoms with Crippen molar-refractivity contribution in [2.24, 2.45) is 5.92 Å². The van der Waals surface area contributed by atoms with Crippen LogP contribution in [-0.2, 0) is 25.4 Å². The second-order valence-electron chi connectivity index (χ2n) is 8.32. The molecule has 0 spiro atoms. The van der Waals surface area contributed by atoms with Crippen molar-refractivity contribution in [3.05, 3.63) is 35.3 Å². The first-order valence-corrected chi connectivity index (χ1v) is 9.16. The maximum Gasteiger partial charge on any atom is 0.341 e. The molecule has 26 heavy (non-hydrogen) atoms. The number of aldehydes is 1. The standard InChI is InChI=1S/C20H22O6/c1-10(2)11-4-5-20-17(26-20)15(24-18(20)22)8-19(3)16(25-19)14-7-12(9-21)13(6-11)23-14/h7,9,11,15-17H,1,4-6,8H2,2-3H3/t11-,15+,16+,17+,19-,20+/m1/s1. The summed E-state index contributed by atoms with van der Waals surface area (Å²) in [5.41, 5.74) is 0.298. The average molecular weight is 358 g/mol. The Balaban J connectivity index is 1.53. The third kappa shape index (κ3) is 2.18. The molecule has 1 aromatic heterocycles. The Morgan fingerprint density at radius 3 is 2.88 bits per heavy atom. The lowest BCUT2D eigenvalue weighted by atomic mass is 9.86. The molecule has 0 aliphatic carbocycles. The van der Waals surface area contributed by atoms with Crippen LogP contribution >= 0.6 is 0 Å². The molecule has 4 bridgehead atoms. The van der Waals surface area contributed by atoms with E-state index in [0.29, 0.717) is 36.3 Å². The fourth-order valence-corrected chi connectivity index (χ4v) is 4.62. The molecule has 4 aliphatic rings.